The third-order valence-corrected chi connectivity index (χ3v) is 3.00. The monoisotopic (exact) mass is 275 g/mol. The fraction of sp³-hybridized carbons (Fsp3) is 0.250. The second kappa shape index (κ2) is 7.03. The number of aliphatic hydroxyl groups is 1. The number of aliphatic hydroxyl groups excluding tert-OH is 1. The Bertz CT molecular complexity index is 572. The Kier molecular flexibility index (Phi) is 5.09. The van der Waals surface area contributed by atoms with Gasteiger partial charge in [-0.1, -0.05) is 24.3 Å². The van der Waals surface area contributed by atoms with Gasteiger partial charge in [-0.05, 0) is 37.2 Å². The maximum Gasteiger partial charge on any atom is 0.134 e. The lowest BCUT2D eigenvalue weighted by atomic mass is 10.1. The molecule has 0 saturated carbocycles. The lowest BCUT2D eigenvalue weighted by molar-refractivity contribution is 0.297. The summed E-state index contributed by atoms with van der Waals surface area (Å²) in [7, 11) is 1.76. The van der Waals surface area contributed by atoms with E-state index in [2.05, 4.69) is 5.32 Å². The highest BCUT2D eigenvalue weighted by atomic mass is 19.1. The first-order chi connectivity index (χ1) is 9.76. The molecule has 0 amide bonds. The minimum atomic E-state index is -0.295. The third-order valence-electron chi connectivity index (χ3n) is 3.00. The molecule has 0 saturated heterocycles. The quantitative estimate of drug-likeness (QED) is 0.851. The van der Waals surface area contributed by atoms with Gasteiger partial charge in [0.25, 0.3) is 0 Å². The topological polar surface area (TPSA) is 41.5 Å². The Morgan fingerprint density at radius 3 is 2.60 bits per heavy atom. The molecule has 2 aromatic carbocycles. The van der Waals surface area contributed by atoms with Gasteiger partial charge in [-0.2, -0.15) is 0 Å². The molecule has 2 aromatic rings. The van der Waals surface area contributed by atoms with Crippen LogP contribution in [0.5, 0.6) is 11.5 Å². The predicted molar refractivity (Wildman–Crippen MR) is 76.5 cm³/mol. The Morgan fingerprint density at radius 1 is 1.10 bits per heavy atom. The summed E-state index contributed by atoms with van der Waals surface area (Å²) in [4.78, 5) is 0. The Morgan fingerprint density at radius 2 is 1.85 bits per heavy atom. The summed E-state index contributed by atoms with van der Waals surface area (Å²) in [6, 6.07) is 12.2. The minimum absolute atomic E-state index is 0.0485. The average Bonchev–Trinajstić information content (AvgIpc) is 2.45. The molecular formula is C16H18FNO2. The Balaban J connectivity index is 2.32. The zero-order valence-electron chi connectivity index (χ0n) is 11.4. The van der Waals surface area contributed by atoms with Crippen LogP contribution in [-0.4, -0.2) is 18.8 Å². The first-order valence-electron chi connectivity index (χ1n) is 6.55. The van der Waals surface area contributed by atoms with Crippen molar-refractivity contribution in [2.45, 2.75) is 13.0 Å². The number of hydrogen-bond donors (Lipinski definition) is 2. The standard InChI is InChI=1S/C16H18FNO2/c1-18-11-13-14(17)6-4-8-16(13)20-15-7-3-2-5-12(15)9-10-19/h2-8,18-19H,9-11H2,1H3. The number of halogens is 1. The van der Waals surface area contributed by atoms with E-state index in [1.807, 2.05) is 24.3 Å². The van der Waals surface area contributed by atoms with Gasteiger partial charge in [-0.3, -0.25) is 0 Å². The van der Waals surface area contributed by atoms with Crippen molar-refractivity contribution in [1.29, 1.82) is 0 Å². The van der Waals surface area contributed by atoms with Crippen LogP contribution < -0.4 is 10.1 Å². The maximum atomic E-state index is 13.8. The number of hydrogen-bond acceptors (Lipinski definition) is 3. The van der Waals surface area contributed by atoms with Crippen LogP contribution in [0.1, 0.15) is 11.1 Å². The van der Waals surface area contributed by atoms with Crippen LogP contribution in [0.4, 0.5) is 4.39 Å². The molecule has 0 aliphatic carbocycles. The normalized spacial score (nSPS) is 10.6. The van der Waals surface area contributed by atoms with Crippen molar-refractivity contribution in [1.82, 2.24) is 5.32 Å². The molecule has 0 heterocycles. The molecule has 106 valence electrons. The van der Waals surface area contributed by atoms with Gasteiger partial charge in [0.1, 0.15) is 17.3 Å². The lowest BCUT2D eigenvalue weighted by Crippen LogP contribution is -2.08. The summed E-state index contributed by atoms with van der Waals surface area (Å²) in [5.41, 5.74) is 1.39. The van der Waals surface area contributed by atoms with Crippen LogP contribution in [0.25, 0.3) is 0 Å². The minimum Gasteiger partial charge on any atom is -0.457 e. The van der Waals surface area contributed by atoms with Crippen molar-refractivity contribution in [3.63, 3.8) is 0 Å². The van der Waals surface area contributed by atoms with E-state index < -0.39 is 0 Å². The van der Waals surface area contributed by atoms with E-state index in [1.165, 1.54) is 6.07 Å². The van der Waals surface area contributed by atoms with E-state index in [1.54, 1.807) is 19.2 Å². The van der Waals surface area contributed by atoms with Crippen LogP contribution in [-0.2, 0) is 13.0 Å². The highest BCUT2D eigenvalue weighted by Crippen LogP contribution is 2.29. The molecule has 4 heteroatoms. The number of benzene rings is 2. The maximum absolute atomic E-state index is 13.8. The fourth-order valence-electron chi connectivity index (χ4n) is 2.03. The SMILES string of the molecule is CNCc1c(F)cccc1Oc1ccccc1CCO. The van der Waals surface area contributed by atoms with Gasteiger partial charge in [0.15, 0.2) is 0 Å². The highest BCUT2D eigenvalue weighted by molar-refractivity contribution is 5.42. The molecule has 0 radical (unpaired) electrons. The number of ether oxygens (including phenoxy) is 1. The van der Waals surface area contributed by atoms with Crippen LogP contribution >= 0.6 is 0 Å². The average molecular weight is 275 g/mol. The molecule has 2 rings (SSSR count). The van der Waals surface area contributed by atoms with E-state index in [-0.39, 0.29) is 12.4 Å². The second-order valence-electron chi connectivity index (χ2n) is 4.43. The molecule has 3 nitrogen and oxygen atoms in total. The van der Waals surface area contributed by atoms with Gasteiger partial charge in [0, 0.05) is 18.7 Å². The van der Waals surface area contributed by atoms with Crippen molar-refractivity contribution in [2.24, 2.45) is 0 Å². The number of nitrogens with one attached hydrogen (secondary N) is 1. The molecule has 0 bridgehead atoms. The lowest BCUT2D eigenvalue weighted by Gasteiger charge is -2.14. The molecule has 0 aliphatic heterocycles. The van der Waals surface area contributed by atoms with Gasteiger partial charge in [0.05, 0.1) is 0 Å². The Hall–Kier alpha value is -1.91. The summed E-state index contributed by atoms with van der Waals surface area (Å²) >= 11 is 0. The van der Waals surface area contributed by atoms with Crippen molar-refractivity contribution in [3.8, 4) is 11.5 Å². The van der Waals surface area contributed by atoms with E-state index in [0.29, 0.717) is 30.0 Å². The summed E-state index contributed by atoms with van der Waals surface area (Å²) < 4.78 is 19.7. The van der Waals surface area contributed by atoms with E-state index >= 15 is 0 Å². The largest absolute Gasteiger partial charge is 0.457 e. The zero-order valence-corrected chi connectivity index (χ0v) is 11.4. The molecule has 0 fully saturated rings. The van der Waals surface area contributed by atoms with Gasteiger partial charge >= 0.3 is 0 Å². The second-order valence-corrected chi connectivity index (χ2v) is 4.43. The predicted octanol–water partition coefficient (Wildman–Crippen LogP) is 2.87. The number of rotatable bonds is 6. The third kappa shape index (κ3) is 3.35. The number of para-hydroxylation sites is 1. The van der Waals surface area contributed by atoms with Crippen molar-refractivity contribution in [2.75, 3.05) is 13.7 Å². The van der Waals surface area contributed by atoms with Crippen LogP contribution in [0.2, 0.25) is 0 Å². The first kappa shape index (κ1) is 14.5. The summed E-state index contributed by atoms with van der Waals surface area (Å²) in [6.07, 6.45) is 0.507. The first-order valence-corrected chi connectivity index (χ1v) is 6.55. The van der Waals surface area contributed by atoms with E-state index in [4.69, 9.17) is 9.84 Å². The molecule has 0 atom stereocenters. The highest BCUT2D eigenvalue weighted by Gasteiger charge is 2.11. The summed E-state index contributed by atoms with van der Waals surface area (Å²) in [5, 5.41) is 12.0. The van der Waals surface area contributed by atoms with Crippen LogP contribution in [0.3, 0.4) is 0 Å². The van der Waals surface area contributed by atoms with Gasteiger partial charge in [-0.15, -0.1) is 0 Å². The molecule has 0 unspecified atom stereocenters. The molecule has 20 heavy (non-hydrogen) atoms. The zero-order chi connectivity index (χ0) is 14.4. The molecule has 0 aromatic heterocycles. The van der Waals surface area contributed by atoms with Crippen molar-refractivity contribution < 1.29 is 14.2 Å². The van der Waals surface area contributed by atoms with E-state index in [0.717, 1.165) is 5.56 Å². The molecule has 0 aliphatic rings. The van der Waals surface area contributed by atoms with Gasteiger partial charge in [-0.25, -0.2) is 4.39 Å². The molecular weight excluding hydrogens is 257 g/mol. The molecule has 0 spiro atoms. The van der Waals surface area contributed by atoms with Gasteiger partial charge < -0.3 is 15.2 Å². The van der Waals surface area contributed by atoms with E-state index in [9.17, 15) is 4.39 Å². The van der Waals surface area contributed by atoms with Crippen LogP contribution in [0.15, 0.2) is 42.5 Å². The van der Waals surface area contributed by atoms with Crippen LogP contribution in [0, 0.1) is 5.82 Å². The Labute approximate surface area is 118 Å². The summed E-state index contributed by atoms with van der Waals surface area (Å²) in [5.74, 6) is 0.839. The summed E-state index contributed by atoms with van der Waals surface area (Å²) in [6.45, 7) is 0.442. The van der Waals surface area contributed by atoms with Crippen molar-refractivity contribution in [3.05, 3.63) is 59.4 Å². The van der Waals surface area contributed by atoms with Gasteiger partial charge in [0.2, 0.25) is 0 Å². The fourth-order valence-corrected chi connectivity index (χ4v) is 2.03. The van der Waals surface area contributed by atoms with Crippen molar-refractivity contribution >= 4 is 0 Å². The molecule has 2 N–H and O–H groups in total. The smallest absolute Gasteiger partial charge is 0.134 e.